The van der Waals surface area contributed by atoms with E-state index >= 15 is 0 Å². The van der Waals surface area contributed by atoms with Crippen LogP contribution in [-0.2, 0) is 13.0 Å². The van der Waals surface area contributed by atoms with Gasteiger partial charge in [0.2, 0.25) is 0 Å². The normalized spacial score (nSPS) is 10.6. The SMILES string of the molecule is C=CCN(Cc1ccc(C)s1)C(=O)c1c(CC)noc1C. The van der Waals surface area contributed by atoms with Gasteiger partial charge in [-0.05, 0) is 32.4 Å². The molecule has 0 fully saturated rings. The Kier molecular flexibility index (Phi) is 4.96. The summed E-state index contributed by atoms with van der Waals surface area (Å²) in [7, 11) is 0. The second-order valence-electron chi connectivity index (χ2n) is 4.90. The maximum atomic E-state index is 12.8. The largest absolute Gasteiger partial charge is 0.361 e. The highest BCUT2D eigenvalue weighted by Gasteiger charge is 2.24. The maximum absolute atomic E-state index is 12.8. The number of thiophene rings is 1. The summed E-state index contributed by atoms with van der Waals surface area (Å²) in [6.45, 7) is 10.6. The number of carbonyl (C=O) groups excluding carboxylic acids is 1. The summed E-state index contributed by atoms with van der Waals surface area (Å²) in [5.41, 5.74) is 1.31. The molecule has 5 heteroatoms. The Morgan fingerprint density at radius 3 is 2.81 bits per heavy atom. The van der Waals surface area contributed by atoms with E-state index in [-0.39, 0.29) is 5.91 Å². The molecule has 2 heterocycles. The molecule has 0 radical (unpaired) electrons. The Bertz CT molecular complexity index is 642. The lowest BCUT2D eigenvalue weighted by molar-refractivity contribution is 0.0761. The molecule has 0 saturated carbocycles. The van der Waals surface area contributed by atoms with Crippen molar-refractivity contribution in [2.24, 2.45) is 0 Å². The molecule has 4 nitrogen and oxygen atoms in total. The molecule has 0 N–H and O–H groups in total. The van der Waals surface area contributed by atoms with Gasteiger partial charge in [-0.15, -0.1) is 17.9 Å². The van der Waals surface area contributed by atoms with E-state index in [1.165, 1.54) is 4.88 Å². The predicted octanol–water partition coefficient (Wildman–Crippen LogP) is 3.74. The fourth-order valence-corrected chi connectivity index (χ4v) is 3.13. The molecule has 0 aromatic carbocycles. The van der Waals surface area contributed by atoms with Crippen LogP contribution in [0, 0.1) is 13.8 Å². The van der Waals surface area contributed by atoms with Crippen molar-refractivity contribution >= 4 is 17.2 Å². The zero-order valence-corrected chi connectivity index (χ0v) is 13.5. The highest BCUT2D eigenvalue weighted by molar-refractivity contribution is 7.11. The molecule has 0 unspecified atom stereocenters. The van der Waals surface area contributed by atoms with Crippen molar-refractivity contribution in [3.63, 3.8) is 0 Å². The predicted molar refractivity (Wildman–Crippen MR) is 84.6 cm³/mol. The summed E-state index contributed by atoms with van der Waals surface area (Å²) in [6, 6.07) is 4.13. The molecule has 1 amide bonds. The molecule has 0 atom stereocenters. The minimum absolute atomic E-state index is 0.0449. The van der Waals surface area contributed by atoms with Crippen molar-refractivity contribution < 1.29 is 9.32 Å². The first kappa shape index (κ1) is 15.5. The third-order valence-corrected chi connectivity index (χ3v) is 4.25. The topological polar surface area (TPSA) is 46.3 Å². The van der Waals surface area contributed by atoms with Gasteiger partial charge in [0, 0.05) is 16.3 Å². The van der Waals surface area contributed by atoms with Gasteiger partial charge in [-0.2, -0.15) is 0 Å². The van der Waals surface area contributed by atoms with E-state index in [1.807, 2.05) is 6.92 Å². The van der Waals surface area contributed by atoms with Crippen LogP contribution in [0.1, 0.15) is 38.5 Å². The van der Waals surface area contributed by atoms with Gasteiger partial charge in [-0.25, -0.2) is 0 Å². The van der Waals surface area contributed by atoms with Crippen molar-refractivity contribution in [2.75, 3.05) is 6.54 Å². The van der Waals surface area contributed by atoms with Gasteiger partial charge in [0.1, 0.15) is 11.3 Å². The van der Waals surface area contributed by atoms with E-state index in [0.29, 0.717) is 36.5 Å². The maximum Gasteiger partial charge on any atom is 0.259 e. The zero-order chi connectivity index (χ0) is 15.4. The van der Waals surface area contributed by atoms with Crippen LogP contribution in [0.15, 0.2) is 29.3 Å². The number of aryl methyl sites for hydroxylation is 3. The highest BCUT2D eigenvalue weighted by Crippen LogP contribution is 2.21. The van der Waals surface area contributed by atoms with E-state index in [2.05, 4.69) is 30.8 Å². The summed E-state index contributed by atoms with van der Waals surface area (Å²) in [4.78, 5) is 17.0. The lowest BCUT2D eigenvalue weighted by Gasteiger charge is -2.20. The number of carbonyl (C=O) groups is 1. The molecule has 0 aliphatic rings. The number of aromatic nitrogens is 1. The van der Waals surface area contributed by atoms with Gasteiger partial charge in [-0.1, -0.05) is 18.2 Å². The molecule has 112 valence electrons. The average Bonchev–Trinajstić information content (AvgIpc) is 3.03. The van der Waals surface area contributed by atoms with Gasteiger partial charge >= 0.3 is 0 Å². The van der Waals surface area contributed by atoms with Crippen LogP contribution in [0.2, 0.25) is 0 Å². The quantitative estimate of drug-likeness (QED) is 0.764. The number of hydrogen-bond acceptors (Lipinski definition) is 4. The van der Waals surface area contributed by atoms with E-state index in [1.54, 1.807) is 29.2 Å². The highest BCUT2D eigenvalue weighted by atomic mass is 32.1. The minimum atomic E-state index is -0.0449. The van der Waals surface area contributed by atoms with Crippen molar-refractivity contribution in [1.29, 1.82) is 0 Å². The molecule has 0 bridgehead atoms. The van der Waals surface area contributed by atoms with Crippen LogP contribution >= 0.6 is 11.3 Å². The van der Waals surface area contributed by atoms with E-state index in [0.717, 1.165) is 4.88 Å². The van der Waals surface area contributed by atoms with Gasteiger partial charge in [-0.3, -0.25) is 4.79 Å². The van der Waals surface area contributed by atoms with Crippen molar-refractivity contribution in [1.82, 2.24) is 10.1 Å². The first-order valence-electron chi connectivity index (χ1n) is 6.97. The molecular formula is C16H20N2O2S. The Labute approximate surface area is 129 Å². The van der Waals surface area contributed by atoms with Gasteiger partial charge < -0.3 is 9.42 Å². The second-order valence-corrected chi connectivity index (χ2v) is 6.27. The van der Waals surface area contributed by atoms with Gasteiger partial charge in [0.05, 0.1) is 12.2 Å². The summed E-state index contributed by atoms with van der Waals surface area (Å²) in [5.74, 6) is 0.532. The molecule has 2 aromatic rings. The third-order valence-electron chi connectivity index (χ3n) is 3.26. The molecule has 2 aromatic heterocycles. The molecule has 0 spiro atoms. The first-order valence-corrected chi connectivity index (χ1v) is 7.79. The van der Waals surface area contributed by atoms with Crippen LogP contribution in [0.3, 0.4) is 0 Å². The van der Waals surface area contributed by atoms with E-state index < -0.39 is 0 Å². The summed E-state index contributed by atoms with van der Waals surface area (Å²) < 4.78 is 5.17. The number of hydrogen-bond donors (Lipinski definition) is 0. The Hall–Kier alpha value is -1.88. The smallest absolute Gasteiger partial charge is 0.259 e. The standard InChI is InChI=1S/C16H20N2O2S/c1-5-9-18(10-13-8-7-11(3)21-13)16(19)15-12(4)20-17-14(15)6-2/h5,7-8H,1,6,9-10H2,2-4H3. The molecule has 0 aliphatic carbocycles. The van der Waals surface area contributed by atoms with Crippen LogP contribution in [0.4, 0.5) is 0 Å². The molecule has 0 aliphatic heterocycles. The number of nitrogens with zero attached hydrogens (tertiary/aromatic N) is 2. The molecular weight excluding hydrogens is 284 g/mol. The summed E-state index contributed by atoms with van der Waals surface area (Å²) in [6.07, 6.45) is 2.42. The first-order chi connectivity index (χ1) is 10.1. The van der Waals surface area contributed by atoms with Crippen LogP contribution < -0.4 is 0 Å². The number of rotatable bonds is 6. The van der Waals surface area contributed by atoms with E-state index in [4.69, 9.17) is 4.52 Å². The molecule has 2 rings (SSSR count). The van der Waals surface area contributed by atoms with E-state index in [9.17, 15) is 4.79 Å². The fraction of sp³-hybridized carbons (Fsp3) is 0.375. The monoisotopic (exact) mass is 304 g/mol. The van der Waals surface area contributed by atoms with Crippen molar-refractivity contribution in [3.8, 4) is 0 Å². The fourth-order valence-electron chi connectivity index (χ4n) is 2.22. The zero-order valence-electron chi connectivity index (χ0n) is 12.7. The van der Waals surface area contributed by atoms with Crippen LogP contribution in [0.25, 0.3) is 0 Å². The minimum Gasteiger partial charge on any atom is -0.361 e. The third kappa shape index (κ3) is 3.42. The van der Waals surface area contributed by atoms with Crippen molar-refractivity contribution in [3.05, 3.63) is 51.6 Å². The average molecular weight is 304 g/mol. The summed E-state index contributed by atoms with van der Waals surface area (Å²) in [5, 5.41) is 3.96. The number of amides is 1. The molecule has 0 saturated heterocycles. The molecule has 21 heavy (non-hydrogen) atoms. The summed E-state index contributed by atoms with van der Waals surface area (Å²) >= 11 is 1.70. The van der Waals surface area contributed by atoms with Crippen molar-refractivity contribution in [2.45, 2.75) is 33.7 Å². The second kappa shape index (κ2) is 6.72. The Balaban J connectivity index is 2.26. The lowest BCUT2D eigenvalue weighted by Crippen LogP contribution is -2.31. The van der Waals surface area contributed by atoms with Gasteiger partial charge in [0.15, 0.2) is 0 Å². The lowest BCUT2D eigenvalue weighted by atomic mass is 10.1. The van der Waals surface area contributed by atoms with Crippen LogP contribution in [0.5, 0.6) is 0 Å². The van der Waals surface area contributed by atoms with Crippen LogP contribution in [-0.4, -0.2) is 22.5 Å². The Morgan fingerprint density at radius 1 is 1.48 bits per heavy atom. The Morgan fingerprint density at radius 2 is 2.24 bits per heavy atom. The van der Waals surface area contributed by atoms with Gasteiger partial charge in [0.25, 0.3) is 5.91 Å².